The second-order valence-corrected chi connectivity index (χ2v) is 10.5. The molecule has 3 rings (SSSR count). The summed E-state index contributed by atoms with van der Waals surface area (Å²) in [6, 6.07) is 3.42. The lowest BCUT2D eigenvalue weighted by molar-refractivity contribution is -0.139. The highest BCUT2D eigenvalue weighted by Gasteiger charge is 2.31. The Morgan fingerprint density at radius 1 is 1.19 bits per heavy atom. The molecule has 1 saturated heterocycles. The van der Waals surface area contributed by atoms with Gasteiger partial charge < -0.3 is 30.3 Å². The summed E-state index contributed by atoms with van der Waals surface area (Å²) in [5, 5.41) is 16.0. The van der Waals surface area contributed by atoms with E-state index in [1.165, 1.54) is 5.56 Å². The molecule has 0 radical (unpaired) electrons. The molecule has 2 aliphatic heterocycles. The molecule has 3 N–H and O–H groups in total. The van der Waals surface area contributed by atoms with Gasteiger partial charge in [0, 0.05) is 44.0 Å². The molecule has 2 aliphatic rings. The molecule has 2 amide bonds. The number of pyridine rings is 1. The van der Waals surface area contributed by atoms with Gasteiger partial charge in [-0.15, -0.1) is 0 Å². The Labute approximate surface area is 222 Å². The molecule has 37 heavy (non-hydrogen) atoms. The fourth-order valence-electron chi connectivity index (χ4n) is 5.44. The molecule has 0 aliphatic carbocycles. The minimum atomic E-state index is -0.984. The predicted octanol–water partition coefficient (Wildman–Crippen LogP) is 3.92. The van der Waals surface area contributed by atoms with Crippen LogP contribution in [0.25, 0.3) is 0 Å². The van der Waals surface area contributed by atoms with Gasteiger partial charge in [-0.3, -0.25) is 0 Å². The van der Waals surface area contributed by atoms with Gasteiger partial charge in [0.1, 0.15) is 11.9 Å². The van der Waals surface area contributed by atoms with Crippen molar-refractivity contribution < 1.29 is 19.4 Å². The van der Waals surface area contributed by atoms with Gasteiger partial charge >= 0.3 is 12.0 Å². The predicted molar refractivity (Wildman–Crippen MR) is 146 cm³/mol. The van der Waals surface area contributed by atoms with Gasteiger partial charge in [0.05, 0.1) is 6.61 Å². The van der Waals surface area contributed by atoms with E-state index in [2.05, 4.69) is 27.7 Å². The van der Waals surface area contributed by atoms with E-state index in [1.54, 1.807) is 0 Å². The molecule has 0 aromatic carbocycles. The number of fused-ring (bicyclic) bond motifs is 1. The highest BCUT2D eigenvalue weighted by molar-refractivity contribution is 5.83. The third-order valence-corrected chi connectivity index (χ3v) is 7.62. The molecule has 1 aromatic heterocycles. The first-order chi connectivity index (χ1) is 17.9. The Morgan fingerprint density at radius 2 is 1.97 bits per heavy atom. The number of carbonyl (C=O) groups is 2. The average Bonchev–Trinajstić information content (AvgIpc) is 2.88. The number of nitrogens with one attached hydrogen (secondary N) is 2. The number of amides is 2. The fraction of sp³-hybridized carbons (Fsp3) is 0.750. The Bertz CT molecular complexity index is 857. The smallest absolute Gasteiger partial charge is 0.326 e. The van der Waals surface area contributed by atoms with E-state index >= 15 is 0 Å². The second kappa shape index (κ2) is 15.1. The van der Waals surface area contributed by atoms with Crippen molar-refractivity contribution in [2.45, 2.75) is 96.7 Å². The molecule has 0 bridgehead atoms. The highest BCUT2D eigenvalue weighted by Crippen LogP contribution is 2.23. The first-order valence-electron chi connectivity index (χ1n) is 14.2. The van der Waals surface area contributed by atoms with Crippen LogP contribution in [0.3, 0.4) is 0 Å². The van der Waals surface area contributed by atoms with Crippen LogP contribution in [-0.4, -0.2) is 89.4 Å². The largest absolute Gasteiger partial charge is 0.480 e. The number of carboxylic acids is 1. The number of ether oxygens (including phenoxy) is 1. The van der Waals surface area contributed by atoms with E-state index in [4.69, 9.17) is 9.72 Å². The number of hydrogen-bond donors (Lipinski definition) is 3. The number of rotatable bonds is 14. The van der Waals surface area contributed by atoms with E-state index < -0.39 is 12.0 Å². The van der Waals surface area contributed by atoms with Crippen LogP contribution in [0.2, 0.25) is 0 Å². The van der Waals surface area contributed by atoms with Gasteiger partial charge in [0.15, 0.2) is 0 Å². The molecule has 1 fully saturated rings. The summed E-state index contributed by atoms with van der Waals surface area (Å²) < 4.78 is 5.56. The number of urea groups is 1. The zero-order valence-corrected chi connectivity index (χ0v) is 23.0. The summed E-state index contributed by atoms with van der Waals surface area (Å²) in [5.41, 5.74) is 2.42. The number of anilines is 1. The standard InChI is InChI=1S/C28H47N5O4/c1-4-37-20-19-32(17-6-5-12-24-14-13-23-11-8-16-29-26(23)30-24)18-15-25(27(34)35)31-28(36)33-21(2)9-7-10-22(33)3/h13-14,21-22,25H,4-12,15-20H2,1-3H3,(H,29,30)(H,31,36)(H,34,35)/t21-,22-,25+/m1/s1. The summed E-state index contributed by atoms with van der Waals surface area (Å²) in [6.45, 7) is 10.5. The maximum absolute atomic E-state index is 12.9. The van der Waals surface area contributed by atoms with E-state index in [0.29, 0.717) is 26.2 Å². The molecular formula is C28H47N5O4. The van der Waals surface area contributed by atoms with Crippen LogP contribution < -0.4 is 10.6 Å². The summed E-state index contributed by atoms with van der Waals surface area (Å²) in [5.74, 6) is 0.0553. The number of hydrogen-bond acceptors (Lipinski definition) is 6. The maximum Gasteiger partial charge on any atom is 0.326 e. The molecule has 0 unspecified atom stereocenters. The Kier molecular flexibility index (Phi) is 11.9. The zero-order valence-electron chi connectivity index (χ0n) is 23.0. The zero-order chi connectivity index (χ0) is 26.6. The van der Waals surface area contributed by atoms with Gasteiger partial charge in [-0.25, -0.2) is 14.6 Å². The van der Waals surface area contributed by atoms with Crippen LogP contribution in [0.1, 0.15) is 77.0 Å². The number of nitrogens with zero attached hydrogens (tertiary/aromatic N) is 3. The number of unbranched alkanes of at least 4 members (excludes halogenated alkanes) is 1. The fourth-order valence-corrected chi connectivity index (χ4v) is 5.44. The van der Waals surface area contributed by atoms with Gasteiger partial charge in [-0.05, 0) is 96.7 Å². The number of carboxylic acid groups (broad SMARTS) is 1. The maximum atomic E-state index is 12.9. The highest BCUT2D eigenvalue weighted by atomic mass is 16.5. The van der Waals surface area contributed by atoms with Crippen molar-refractivity contribution in [3.05, 3.63) is 23.4 Å². The Hall–Kier alpha value is -2.39. The van der Waals surface area contributed by atoms with Crippen molar-refractivity contribution in [1.29, 1.82) is 0 Å². The minimum Gasteiger partial charge on any atom is -0.480 e. The monoisotopic (exact) mass is 517 g/mol. The lowest BCUT2D eigenvalue weighted by Crippen LogP contribution is -2.55. The molecule has 0 spiro atoms. The molecule has 9 nitrogen and oxygen atoms in total. The molecule has 3 atom stereocenters. The third kappa shape index (κ3) is 9.14. The number of piperidine rings is 1. The van der Waals surface area contributed by atoms with Crippen LogP contribution in [0.5, 0.6) is 0 Å². The van der Waals surface area contributed by atoms with Crippen molar-refractivity contribution in [3.63, 3.8) is 0 Å². The van der Waals surface area contributed by atoms with Crippen molar-refractivity contribution in [2.24, 2.45) is 0 Å². The number of likely N-dealkylation sites (tertiary alicyclic amines) is 1. The molecule has 9 heteroatoms. The van der Waals surface area contributed by atoms with E-state index in [1.807, 2.05) is 25.7 Å². The Morgan fingerprint density at radius 3 is 2.70 bits per heavy atom. The summed E-state index contributed by atoms with van der Waals surface area (Å²) >= 11 is 0. The topological polar surface area (TPSA) is 107 Å². The second-order valence-electron chi connectivity index (χ2n) is 10.5. The number of aryl methyl sites for hydroxylation is 2. The van der Waals surface area contributed by atoms with E-state index in [0.717, 1.165) is 82.5 Å². The van der Waals surface area contributed by atoms with Crippen molar-refractivity contribution in [1.82, 2.24) is 20.1 Å². The van der Waals surface area contributed by atoms with Crippen LogP contribution in [-0.2, 0) is 22.4 Å². The first-order valence-corrected chi connectivity index (χ1v) is 14.2. The lowest BCUT2D eigenvalue weighted by Gasteiger charge is -2.39. The minimum absolute atomic E-state index is 0.126. The quantitative estimate of drug-likeness (QED) is 0.321. The van der Waals surface area contributed by atoms with Crippen molar-refractivity contribution in [3.8, 4) is 0 Å². The van der Waals surface area contributed by atoms with Crippen LogP contribution >= 0.6 is 0 Å². The molecule has 1 aromatic rings. The van der Waals surface area contributed by atoms with E-state index in [9.17, 15) is 14.7 Å². The van der Waals surface area contributed by atoms with Crippen molar-refractivity contribution >= 4 is 17.8 Å². The molecular weight excluding hydrogens is 470 g/mol. The van der Waals surface area contributed by atoms with Crippen LogP contribution in [0.15, 0.2) is 12.1 Å². The third-order valence-electron chi connectivity index (χ3n) is 7.62. The number of aromatic nitrogens is 1. The van der Waals surface area contributed by atoms with Crippen LogP contribution in [0.4, 0.5) is 10.6 Å². The number of aliphatic carboxylic acids is 1. The summed E-state index contributed by atoms with van der Waals surface area (Å²) in [6.07, 6.45) is 8.56. The van der Waals surface area contributed by atoms with Gasteiger partial charge in [-0.2, -0.15) is 0 Å². The molecule has 208 valence electrons. The van der Waals surface area contributed by atoms with E-state index in [-0.39, 0.29) is 18.1 Å². The SMILES string of the molecule is CCOCCN(CCCCc1ccc2c(n1)NCCC2)CC[C@H](NC(=O)N1[C@H](C)CCC[C@H]1C)C(=O)O. The summed E-state index contributed by atoms with van der Waals surface area (Å²) in [4.78, 5) is 33.8. The first kappa shape index (κ1) is 29.2. The van der Waals surface area contributed by atoms with Crippen LogP contribution in [0, 0.1) is 0 Å². The molecule has 0 saturated carbocycles. The summed E-state index contributed by atoms with van der Waals surface area (Å²) in [7, 11) is 0. The Balaban J connectivity index is 1.48. The normalized spacial score (nSPS) is 20.3. The molecule has 3 heterocycles. The van der Waals surface area contributed by atoms with Gasteiger partial charge in [-0.1, -0.05) is 6.07 Å². The van der Waals surface area contributed by atoms with Gasteiger partial charge in [0.25, 0.3) is 0 Å². The lowest BCUT2D eigenvalue weighted by atomic mass is 9.98. The average molecular weight is 518 g/mol. The van der Waals surface area contributed by atoms with Crippen molar-refractivity contribution in [2.75, 3.05) is 44.7 Å². The number of carbonyl (C=O) groups excluding carboxylic acids is 1. The van der Waals surface area contributed by atoms with Gasteiger partial charge in [0.2, 0.25) is 0 Å².